The summed E-state index contributed by atoms with van der Waals surface area (Å²) in [6.45, 7) is 0. The number of para-hydroxylation sites is 1. The first-order valence-electron chi connectivity index (χ1n) is 6.97. The third-order valence-corrected chi connectivity index (χ3v) is 5.68. The predicted molar refractivity (Wildman–Crippen MR) is 87.3 cm³/mol. The molecule has 2 heterocycles. The third kappa shape index (κ3) is 1.84. The Balaban J connectivity index is 2.11. The second-order valence-corrected chi connectivity index (χ2v) is 7.04. The second kappa shape index (κ2) is 4.71. The van der Waals surface area contributed by atoms with Crippen molar-refractivity contribution in [2.75, 3.05) is 0 Å². The lowest BCUT2D eigenvalue weighted by Gasteiger charge is -2.11. The van der Waals surface area contributed by atoms with E-state index < -0.39 is 9.84 Å². The average molecular weight is 307 g/mol. The minimum absolute atomic E-state index is 0.331. The minimum Gasteiger partial charge on any atom is -0.316 e. The van der Waals surface area contributed by atoms with Gasteiger partial charge in [-0.25, -0.2) is 8.42 Å². The summed E-state index contributed by atoms with van der Waals surface area (Å²) >= 11 is 0. The van der Waals surface area contributed by atoms with Crippen LogP contribution in [0.2, 0.25) is 0 Å². The minimum atomic E-state index is -3.57. The summed E-state index contributed by atoms with van der Waals surface area (Å²) in [7, 11) is -3.57. The molecule has 0 saturated heterocycles. The van der Waals surface area contributed by atoms with Crippen LogP contribution in [0.4, 0.5) is 0 Å². The number of aromatic nitrogens is 1. The van der Waals surface area contributed by atoms with Crippen LogP contribution in [0.25, 0.3) is 16.7 Å². The molecule has 0 atom stereocenters. The van der Waals surface area contributed by atoms with Crippen LogP contribution in [0, 0.1) is 0 Å². The van der Waals surface area contributed by atoms with Crippen molar-refractivity contribution in [3.63, 3.8) is 0 Å². The summed E-state index contributed by atoms with van der Waals surface area (Å²) in [5, 5.41) is 0. The van der Waals surface area contributed by atoms with E-state index in [1.807, 2.05) is 65.4 Å². The molecule has 0 aliphatic carbocycles. The Bertz CT molecular complexity index is 983. The number of benzene rings is 2. The van der Waals surface area contributed by atoms with Crippen LogP contribution < -0.4 is 0 Å². The van der Waals surface area contributed by atoms with Gasteiger partial charge < -0.3 is 4.57 Å². The number of fused-ring (bicyclic) bond motifs is 3. The molecule has 0 fully saturated rings. The van der Waals surface area contributed by atoms with Crippen molar-refractivity contribution in [3.05, 3.63) is 84.2 Å². The molecule has 0 N–H and O–H groups in total. The number of hydrogen-bond acceptors (Lipinski definition) is 2. The first-order chi connectivity index (χ1) is 10.7. The van der Waals surface area contributed by atoms with Gasteiger partial charge in [0, 0.05) is 11.9 Å². The molecular weight excluding hydrogens is 294 g/mol. The zero-order valence-corrected chi connectivity index (χ0v) is 12.5. The van der Waals surface area contributed by atoms with Crippen molar-refractivity contribution in [2.24, 2.45) is 0 Å². The Morgan fingerprint density at radius 2 is 1.50 bits per heavy atom. The van der Waals surface area contributed by atoms with Crippen LogP contribution in [-0.2, 0) is 9.84 Å². The first-order valence-corrected chi connectivity index (χ1v) is 8.45. The molecule has 0 saturated carbocycles. The van der Waals surface area contributed by atoms with E-state index >= 15 is 0 Å². The van der Waals surface area contributed by atoms with Crippen molar-refractivity contribution < 1.29 is 8.42 Å². The van der Waals surface area contributed by atoms with Gasteiger partial charge in [0.05, 0.1) is 15.5 Å². The molecule has 1 aliphatic heterocycles. The van der Waals surface area contributed by atoms with E-state index in [4.69, 9.17) is 0 Å². The smallest absolute Gasteiger partial charge is 0.209 e. The molecule has 0 spiro atoms. The number of nitrogens with zero attached hydrogens (tertiary/aromatic N) is 1. The van der Waals surface area contributed by atoms with Crippen LogP contribution in [-0.4, -0.2) is 13.0 Å². The molecule has 1 aromatic heterocycles. The zero-order valence-electron chi connectivity index (χ0n) is 11.7. The molecular formula is C18H13NO2S. The molecule has 0 unspecified atom stereocenters. The molecule has 2 aromatic carbocycles. The van der Waals surface area contributed by atoms with Crippen LogP contribution in [0.1, 0.15) is 11.3 Å². The molecule has 22 heavy (non-hydrogen) atoms. The Labute approximate surface area is 129 Å². The largest absolute Gasteiger partial charge is 0.316 e. The SMILES string of the molecule is O=S1(=O)C(c2ccccc2)=Cc2cccn2-c2ccccc21. The highest BCUT2D eigenvalue weighted by atomic mass is 32.2. The number of hydrogen-bond donors (Lipinski definition) is 0. The van der Waals surface area contributed by atoms with Crippen LogP contribution >= 0.6 is 0 Å². The fourth-order valence-corrected chi connectivity index (χ4v) is 4.44. The Morgan fingerprint density at radius 3 is 2.32 bits per heavy atom. The summed E-state index contributed by atoms with van der Waals surface area (Å²) < 4.78 is 28.1. The highest BCUT2D eigenvalue weighted by molar-refractivity contribution is 8.01. The summed E-state index contributed by atoms with van der Waals surface area (Å²) in [4.78, 5) is 0.665. The van der Waals surface area contributed by atoms with Gasteiger partial charge in [0.25, 0.3) is 0 Å². The summed E-state index contributed by atoms with van der Waals surface area (Å²) in [5.41, 5.74) is 2.24. The normalized spacial score (nSPS) is 15.4. The third-order valence-electron chi connectivity index (χ3n) is 3.82. The van der Waals surface area contributed by atoms with Gasteiger partial charge in [0.15, 0.2) is 0 Å². The van der Waals surface area contributed by atoms with E-state index in [2.05, 4.69) is 0 Å². The first kappa shape index (κ1) is 13.1. The standard InChI is InChI=1S/C18H13NO2S/c20-22(21)17-11-5-4-10-16(17)19-12-6-9-15(19)13-18(22)14-7-2-1-3-8-14/h1-13H. The van der Waals surface area contributed by atoms with Gasteiger partial charge in [-0.1, -0.05) is 42.5 Å². The van der Waals surface area contributed by atoms with Crippen LogP contribution in [0.15, 0.2) is 77.8 Å². The molecule has 4 rings (SSSR count). The second-order valence-electron chi connectivity index (χ2n) is 5.15. The van der Waals surface area contributed by atoms with E-state index in [0.717, 1.165) is 5.69 Å². The molecule has 3 nitrogen and oxygen atoms in total. The van der Waals surface area contributed by atoms with Gasteiger partial charge in [-0.15, -0.1) is 0 Å². The summed E-state index contributed by atoms with van der Waals surface area (Å²) in [5.74, 6) is 0. The maximum absolute atomic E-state index is 13.1. The maximum atomic E-state index is 13.1. The van der Waals surface area contributed by atoms with Gasteiger partial charge in [-0.05, 0) is 35.9 Å². The van der Waals surface area contributed by atoms with Gasteiger partial charge in [0.1, 0.15) is 0 Å². The predicted octanol–water partition coefficient (Wildman–Crippen LogP) is 3.76. The van der Waals surface area contributed by atoms with Crippen LogP contribution in [0.3, 0.4) is 0 Å². The Hall–Kier alpha value is -2.59. The summed E-state index contributed by atoms with van der Waals surface area (Å²) in [6, 6.07) is 20.2. The van der Waals surface area contributed by atoms with Gasteiger partial charge >= 0.3 is 0 Å². The van der Waals surface area contributed by atoms with E-state index in [9.17, 15) is 8.42 Å². The molecule has 0 radical (unpaired) electrons. The molecule has 108 valence electrons. The molecule has 0 amide bonds. The highest BCUT2D eigenvalue weighted by Gasteiger charge is 2.28. The van der Waals surface area contributed by atoms with Crippen molar-refractivity contribution in [2.45, 2.75) is 4.90 Å². The summed E-state index contributed by atoms with van der Waals surface area (Å²) in [6.07, 6.45) is 3.62. The van der Waals surface area contributed by atoms with E-state index in [0.29, 0.717) is 21.1 Å². The molecule has 1 aliphatic rings. The average Bonchev–Trinajstić information content (AvgIpc) is 2.98. The van der Waals surface area contributed by atoms with E-state index in [1.165, 1.54) is 0 Å². The Morgan fingerprint density at radius 1 is 0.773 bits per heavy atom. The highest BCUT2D eigenvalue weighted by Crippen LogP contribution is 2.36. The fourth-order valence-electron chi connectivity index (χ4n) is 2.79. The van der Waals surface area contributed by atoms with Gasteiger partial charge in [-0.2, -0.15) is 0 Å². The quantitative estimate of drug-likeness (QED) is 0.686. The van der Waals surface area contributed by atoms with Gasteiger partial charge in [-0.3, -0.25) is 0 Å². The van der Waals surface area contributed by atoms with Crippen molar-refractivity contribution in [1.82, 2.24) is 4.57 Å². The monoisotopic (exact) mass is 307 g/mol. The van der Waals surface area contributed by atoms with Gasteiger partial charge in [0.2, 0.25) is 9.84 Å². The fraction of sp³-hybridized carbons (Fsp3) is 0. The van der Waals surface area contributed by atoms with Crippen LogP contribution in [0.5, 0.6) is 0 Å². The van der Waals surface area contributed by atoms with Crippen molar-refractivity contribution >= 4 is 20.8 Å². The molecule has 0 bridgehead atoms. The lowest BCUT2D eigenvalue weighted by atomic mass is 10.2. The zero-order chi connectivity index (χ0) is 15.2. The molecule has 3 aromatic rings. The van der Waals surface area contributed by atoms with Crippen molar-refractivity contribution in [3.8, 4) is 5.69 Å². The maximum Gasteiger partial charge on any atom is 0.209 e. The lowest BCUT2D eigenvalue weighted by molar-refractivity contribution is 0.605. The van der Waals surface area contributed by atoms with E-state index in [-0.39, 0.29) is 0 Å². The number of rotatable bonds is 1. The topological polar surface area (TPSA) is 39.1 Å². The Kier molecular flexibility index (Phi) is 2.81. The molecule has 4 heteroatoms. The lowest BCUT2D eigenvalue weighted by Crippen LogP contribution is -2.06. The van der Waals surface area contributed by atoms with Crippen molar-refractivity contribution in [1.29, 1.82) is 0 Å². The number of sulfone groups is 1. The van der Waals surface area contributed by atoms with E-state index in [1.54, 1.807) is 18.2 Å².